The van der Waals surface area contributed by atoms with Gasteiger partial charge in [0.25, 0.3) is 0 Å². The molecule has 2 heterocycles. The Morgan fingerprint density at radius 2 is 1.67 bits per heavy atom. The lowest BCUT2D eigenvalue weighted by molar-refractivity contribution is 0.249. The van der Waals surface area contributed by atoms with E-state index in [1.807, 2.05) is 6.07 Å². The van der Waals surface area contributed by atoms with E-state index in [1.54, 1.807) is 0 Å². The van der Waals surface area contributed by atoms with Gasteiger partial charge in [0.2, 0.25) is 0 Å². The van der Waals surface area contributed by atoms with Gasteiger partial charge < -0.3 is 16.4 Å². The van der Waals surface area contributed by atoms with Crippen LogP contribution in [0.5, 0.6) is 0 Å². The van der Waals surface area contributed by atoms with Crippen LogP contribution in [0, 0.1) is 0 Å². The lowest BCUT2D eigenvalue weighted by Crippen LogP contribution is -2.46. The summed E-state index contributed by atoms with van der Waals surface area (Å²) in [7, 11) is 0. The second-order valence-electron chi connectivity index (χ2n) is 5.24. The van der Waals surface area contributed by atoms with E-state index in [4.69, 9.17) is 11.5 Å². The number of nitrogen functional groups attached to an aromatic ring is 2. The molecule has 4 N–H and O–H groups in total. The van der Waals surface area contributed by atoms with Crippen molar-refractivity contribution in [2.24, 2.45) is 0 Å². The number of hydrogen-bond donors (Lipinski definition) is 2. The molecule has 1 aromatic carbocycles. The molecule has 0 bridgehead atoms. The Hall–Kier alpha value is -2.34. The fourth-order valence-corrected chi connectivity index (χ4v) is 2.61. The molecule has 1 aliphatic heterocycles. The summed E-state index contributed by atoms with van der Waals surface area (Å²) in [5.74, 6) is 1.11. The largest absolute Gasteiger partial charge is 0.393 e. The Kier molecular flexibility index (Phi) is 3.87. The van der Waals surface area contributed by atoms with E-state index in [-0.39, 0.29) is 0 Å². The minimum atomic E-state index is 0.353. The Labute approximate surface area is 124 Å². The van der Waals surface area contributed by atoms with Crippen LogP contribution in [0.2, 0.25) is 0 Å². The summed E-state index contributed by atoms with van der Waals surface area (Å²) in [5.41, 5.74) is 13.5. The first-order chi connectivity index (χ1) is 10.2. The number of aromatic nitrogens is 2. The Morgan fingerprint density at radius 1 is 0.952 bits per heavy atom. The standard InChI is InChI=1S/C15H20N6/c16-13-14(17)18-11-19-15(13)21-8-6-20(7-9-21)10-12-4-2-1-3-5-12/h1-5,11H,6-10,16H2,(H2,17,18,19). The molecule has 0 unspecified atom stereocenters. The van der Waals surface area contributed by atoms with Crippen molar-refractivity contribution in [2.75, 3.05) is 42.5 Å². The van der Waals surface area contributed by atoms with Crippen molar-refractivity contribution in [3.63, 3.8) is 0 Å². The zero-order valence-corrected chi connectivity index (χ0v) is 11.9. The average molecular weight is 284 g/mol. The monoisotopic (exact) mass is 284 g/mol. The summed E-state index contributed by atoms with van der Waals surface area (Å²) in [4.78, 5) is 12.8. The quantitative estimate of drug-likeness (QED) is 0.873. The first-order valence-corrected chi connectivity index (χ1v) is 7.11. The van der Waals surface area contributed by atoms with Crippen LogP contribution in [-0.4, -0.2) is 41.0 Å². The van der Waals surface area contributed by atoms with Crippen molar-refractivity contribution in [1.29, 1.82) is 0 Å². The van der Waals surface area contributed by atoms with E-state index < -0.39 is 0 Å². The SMILES string of the molecule is Nc1ncnc(N2CCN(Cc3ccccc3)CC2)c1N. The Morgan fingerprint density at radius 3 is 2.38 bits per heavy atom. The van der Waals surface area contributed by atoms with Crippen LogP contribution in [0.25, 0.3) is 0 Å². The molecule has 0 spiro atoms. The third kappa shape index (κ3) is 3.05. The number of nitrogens with two attached hydrogens (primary N) is 2. The summed E-state index contributed by atoms with van der Waals surface area (Å²) in [5, 5.41) is 0. The average Bonchev–Trinajstić information content (AvgIpc) is 2.52. The molecule has 1 fully saturated rings. The van der Waals surface area contributed by atoms with Crippen LogP contribution in [0.1, 0.15) is 5.56 Å². The van der Waals surface area contributed by atoms with E-state index in [1.165, 1.54) is 11.9 Å². The molecule has 0 radical (unpaired) electrons. The van der Waals surface area contributed by atoms with Gasteiger partial charge in [-0.1, -0.05) is 30.3 Å². The van der Waals surface area contributed by atoms with Crippen molar-refractivity contribution >= 4 is 17.3 Å². The summed E-state index contributed by atoms with van der Waals surface area (Å²) >= 11 is 0. The highest BCUT2D eigenvalue weighted by Gasteiger charge is 2.20. The highest BCUT2D eigenvalue weighted by atomic mass is 15.3. The number of rotatable bonds is 3. The van der Waals surface area contributed by atoms with Crippen LogP contribution >= 0.6 is 0 Å². The van der Waals surface area contributed by atoms with Crippen LogP contribution in [0.15, 0.2) is 36.7 Å². The molecule has 6 nitrogen and oxygen atoms in total. The molecule has 0 aliphatic carbocycles. The molecule has 0 amide bonds. The minimum absolute atomic E-state index is 0.353. The molecule has 21 heavy (non-hydrogen) atoms. The second-order valence-corrected chi connectivity index (χ2v) is 5.24. The van der Waals surface area contributed by atoms with Gasteiger partial charge in [0.05, 0.1) is 0 Å². The number of anilines is 3. The van der Waals surface area contributed by atoms with Crippen molar-refractivity contribution in [3.8, 4) is 0 Å². The molecule has 0 atom stereocenters. The molecule has 110 valence electrons. The van der Waals surface area contributed by atoms with Gasteiger partial charge in [-0.2, -0.15) is 0 Å². The molecule has 2 aromatic rings. The van der Waals surface area contributed by atoms with Gasteiger partial charge in [0, 0.05) is 32.7 Å². The topological polar surface area (TPSA) is 84.3 Å². The van der Waals surface area contributed by atoms with Gasteiger partial charge in [0.15, 0.2) is 11.6 Å². The maximum Gasteiger partial charge on any atom is 0.157 e. The number of hydrogen-bond acceptors (Lipinski definition) is 6. The van der Waals surface area contributed by atoms with Crippen LogP contribution in [0.4, 0.5) is 17.3 Å². The first kappa shape index (κ1) is 13.6. The van der Waals surface area contributed by atoms with Gasteiger partial charge in [-0.25, -0.2) is 9.97 Å². The smallest absolute Gasteiger partial charge is 0.157 e. The van der Waals surface area contributed by atoms with Gasteiger partial charge >= 0.3 is 0 Å². The lowest BCUT2D eigenvalue weighted by Gasteiger charge is -2.35. The molecular weight excluding hydrogens is 264 g/mol. The minimum Gasteiger partial charge on any atom is -0.393 e. The summed E-state index contributed by atoms with van der Waals surface area (Å²) in [6.45, 7) is 4.74. The second kappa shape index (κ2) is 5.97. The molecule has 3 rings (SSSR count). The highest BCUT2D eigenvalue weighted by Crippen LogP contribution is 2.24. The molecule has 1 aromatic heterocycles. The Balaban J connectivity index is 1.61. The molecule has 6 heteroatoms. The van der Waals surface area contributed by atoms with Crippen molar-refractivity contribution in [3.05, 3.63) is 42.2 Å². The van der Waals surface area contributed by atoms with E-state index in [0.29, 0.717) is 11.5 Å². The van der Waals surface area contributed by atoms with Crippen LogP contribution in [0.3, 0.4) is 0 Å². The molecule has 1 saturated heterocycles. The van der Waals surface area contributed by atoms with Crippen molar-refractivity contribution < 1.29 is 0 Å². The zero-order valence-electron chi connectivity index (χ0n) is 11.9. The fourth-order valence-electron chi connectivity index (χ4n) is 2.61. The number of nitrogens with zero attached hydrogens (tertiary/aromatic N) is 4. The number of benzene rings is 1. The lowest BCUT2D eigenvalue weighted by atomic mass is 10.2. The predicted octanol–water partition coefficient (Wildman–Crippen LogP) is 0.963. The van der Waals surface area contributed by atoms with E-state index in [2.05, 4.69) is 44.0 Å². The van der Waals surface area contributed by atoms with Gasteiger partial charge in [-0.3, -0.25) is 4.90 Å². The maximum absolute atomic E-state index is 5.97. The van der Waals surface area contributed by atoms with E-state index in [0.717, 1.165) is 38.5 Å². The maximum atomic E-state index is 5.97. The fraction of sp³-hybridized carbons (Fsp3) is 0.333. The van der Waals surface area contributed by atoms with Gasteiger partial charge in [0.1, 0.15) is 12.0 Å². The first-order valence-electron chi connectivity index (χ1n) is 7.11. The predicted molar refractivity (Wildman–Crippen MR) is 84.8 cm³/mol. The van der Waals surface area contributed by atoms with Crippen molar-refractivity contribution in [2.45, 2.75) is 6.54 Å². The molecule has 1 aliphatic rings. The van der Waals surface area contributed by atoms with Crippen LogP contribution < -0.4 is 16.4 Å². The van der Waals surface area contributed by atoms with Gasteiger partial charge in [-0.15, -0.1) is 0 Å². The van der Waals surface area contributed by atoms with Crippen molar-refractivity contribution in [1.82, 2.24) is 14.9 Å². The molecular formula is C15H20N6. The highest BCUT2D eigenvalue weighted by molar-refractivity contribution is 5.73. The molecule has 0 saturated carbocycles. The zero-order chi connectivity index (χ0) is 14.7. The van der Waals surface area contributed by atoms with E-state index in [9.17, 15) is 0 Å². The third-order valence-corrected chi connectivity index (χ3v) is 3.81. The summed E-state index contributed by atoms with van der Waals surface area (Å²) < 4.78 is 0. The van der Waals surface area contributed by atoms with E-state index >= 15 is 0 Å². The normalized spacial score (nSPS) is 16.1. The number of piperazine rings is 1. The summed E-state index contributed by atoms with van der Waals surface area (Å²) in [6, 6.07) is 10.5. The van der Waals surface area contributed by atoms with Gasteiger partial charge in [-0.05, 0) is 5.56 Å². The Bertz CT molecular complexity index is 592. The summed E-state index contributed by atoms with van der Waals surface area (Å²) in [6.07, 6.45) is 1.47. The third-order valence-electron chi connectivity index (χ3n) is 3.81. The van der Waals surface area contributed by atoms with Crippen LogP contribution in [-0.2, 0) is 6.54 Å².